The first kappa shape index (κ1) is 21.0. The SMILES string of the molecule is Cc1cn(C[C@H]2CN(c3ccc(-c4ccc(N5C[C@H](CO)OC5=O)cc4)cc3)C(=O)O2)nn1. The van der Waals surface area contributed by atoms with Gasteiger partial charge < -0.3 is 14.6 Å². The van der Waals surface area contributed by atoms with E-state index in [-0.39, 0.29) is 18.8 Å². The lowest BCUT2D eigenvalue weighted by Gasteiger charge is -2.15. The van der Waals surface area contributed by atoms with Gasteiger partial charge in [-0.15, -0.1) is 5.10 Å². The van der Waals surface area contributed by atoms with Crippen molar-refractivity contribution in [2.75, 3.05) is 29.5 Å². The number of amides is 2. The molecule has 1 aromatic heterocycles. The van der Waals surface area contributed by atoms with Gasteiger partial charge in [0.15, 0.2) is 0 Å². The van der Waals surface area contributed by atoms with Gasteiger partial charge in [0.1, 0.15) is 12.2 Å². The molecule has 0 radical (unpaired) electrons. The first-order valence-corrected chi connectivity index (χ1v) is 10.6. The Balaban J connectivity index is 1.25. The zero-order chi connectivity index (χ0) is 22.9. The predicted molar refractivity (Wildman–Crippen MR) is 119 cm³/mol. The van der Waals surface area contributed by atoms with Crippen LogP contribution in [0.4, 0.5) is 21.0 Å². The summed E-state index contributed by atoms with van der Waals surface area (Å²) in [6, 6.07) is 15.2. The second kappa shape index (κ2) is 8.55. The molecule has 10 heteroatoms. The fourth-order valence-electron chi connectivity index (χ4n) is 4.02. The lowest BCUT2D eigenvalue weighted by molar-refractivity contribution is 0.0963. The van der Waals surface area contributed by atoms with Crippen LogP contribution in [0.2, 0.25) is 0 Å². The number of aliphatic hydroxyl groups is 1. The van der Waals surface area contributed by atoms with E-state index in [0.29, 0.717) is 25.3 Å². The van der Waals surface area contributed by atoms with E-state index >= 15 is 0 Å². The maximum absolute atomic E-state index is 12.4. The average Bonchev–Trinajstić information content (AvgIpc) is 3.52. The summed E-state index contributed by atoms with van der Waals surface area (Å²) in [5.74, 6) is 0. The first-order chi connectivity index (χ1) is 16.0. The summed E-state index contributed by atoms with van der Waals surface area (Å²) in [5, 5.41) is 17.2. The van der Waals surface area contributed by atoms with Crippen molar-refractivity contribution in [3.63, 3.8) is 0 Å². The Hall–Kier alpha value is -3.92. The maximum atomic E-state index is 12.4. The molecule has 5 rings (SSSR count). The van der Waals surface area contributed by atoms with Crippen molar-refractivity contribution in [3.8, 4) is 11.1 Å². The monoisotopic (exact) mass is 449 g/mol. The van der Waals surface area contributed by atoms with Crippen LogP contribution in [0, 0.1) is 6.92 Å². The molecule has 3 heterocycles. The summed E-state index contributed by atoms with van der Waals surface area (Å²) in [6.45, 7) is 2.88. The number of nitrogens with zero attached hydrogens (tertiary/aromatic N) is 5. The highest BCUT2D eigenvalue weighted by atomic mass is 16.6. The summed E-state index contributed by atoms with van der Waals surface area (Å²) >= 11 is 0. The largest absolute Gasteiger partial charge is 0.442 e. The van der Waals surface area contributed by atoms with Gasteiger partial charge >= 0.3 is 12.2 Å². The molecule has 0 bridgehead atoms. The average molecular weight is 449 g/mol. The number of hydrogen-bond donors (Lipinski definition) is 1. The molecular weight excluding hydrogens is 426 g/mol. The van der Waals surface area contributed by atoms with E-state index < -0.39 is 12.2 Å². The van der Waals surface area contributed by atoms with Crippen LogP contribution in [0.3, 0.4) is 0 Å². The Morgan fingerprint density at radius 2 is 1.39 bits per heavy atom. The van der Waals surface area contributed by atoms with Gasteiger partial charge in [-0.1, -0.05) is 29.5 Å². The molecule has 1 N–H and O–H groups in total. The lowest BCUT2D eigenvalue weighted by atomic mass is 10.0. The van der Waals surface area contributed by atoms with Crippen LogP contribution in [-0.2, 0) is 16.0 Å². The van der Waals surface area contributed by atoms with Crippen molar-refractivity contribution in [1.82, 2.24) is 15.0 Å². The van der Waals surface area contributed by atoms with Crippen molar-refractivity contribution in [3.05, 3.63) is 60.4 Å². The molecule has 33 heavy (non-hydrogen) atoms. The third-order valence-corrected chi connectivity index (χ3v) is 5.69. The molecule has 10 nitrogen and oxygen atoms in total. The lowest BCUT2D eigenvalue weighted by Crippen LogP contribution is -2.26. The van der Waals surface area contributed by atoms with Gasteiger partial charge in [-0.05, 0) is 42.3 Å². The quantitative estimate of drug-likeness (QED) is 0.616. The van der Waals surface area contributed by atoms with Crippen molar-refractivity contribution in [2.45, 2.75) is 25.7 Å². The molecule has 0 aliphatic carbocycles. The van der Waals surface area contributed by atoms with E-state index in [2.05, 4.69) is 10.3 Å². The molecule has 0 saturated carbocycles. The standard InChI is InChI=1S/C23H23N5O5/c1-15-10-26(25-24-15)11-20-12-27(22(30)32-20)18-6-2-16(3-7-18)17-4-8-19(9-5-17)28-13-21(14-29)33-23(28)31/h2-10,20-21,29H,11-14H2,1H3/t20-,21+/m0/s1. The Labute approximate surface area is 189 Å². The summed E-state index contributed by atoms with van der Waals surface area (Å²) in [4.78, 5) is 27.4. The molecule has 2 fully saturated rings. The van der Waals surface area contributed by atoms with E-state index in [1.54, 1.807) is 9.58 Å². The highest BCUT2D eigenvalue weighted by Gasteiger charge is 2.33. The molecular formula is C23H23N5O5. The first-order valence-electron chi connectivity index (χ1n) is 10.6. The third kappa shape index (κ3) is 4.24. The van der Waals surface area contributed by atoms with Gasteiger partial charge in [-0.2, -0.15) is 0 Å². The Bertz CT molecular complexity index is 1160. The molecule has 170 valence electrons. The van der Waals surface area contributed by atoms with Crippen molar-refractivity contribution in [1.29, 1.82) is 0 Å². The number of aromatic nitrogens is 3. The third-order valence-electron chi connectivity index (χ3n) is 5.69. The van der Waals surface area contributed by atoms with E-state index in [1.807, 2.05) is 61.7 Å². The van der Waals surface area contributed by atoms with Crippen LogP contribution in [0.25, 0.3) is 11.1 Å². The van der Waals surface area contributed by atoms with Crippen LogP contribution < -0.4 is 9.80 Å². The molecule has 2 amide bonds. The number of hydrogen-bond acceptors (Lipinski definition) is 7. The molecule has 2 aliphatic heterocycles. The van der Waals surface area contributed by atoms with Gasteiger partial charge in [0.2, 0.25) is 0 Å². The summed E-state index contributed by atoms with van der Waals surface area (Å²) < 4.78 is 12.3. The number of rotatable bonds is 6. The molecule has 2 saturated heterocycles. The minimum absolute atomic E-state index is 0.196. The van der Waals surface area contributed by atoms with Crippen molar-refractivity contribution >= 4 is 23.6 Å². The summed E-state index contributed by atoms with van der Waals surface area (Å²) in [6.07, 6.45) is 0.178. The number of cyclic esters (lactones) is 2. The molecule has 0 unspecified atom stereocenters. The topological polar surface area (TPSA) is 110 Å². The van der Waals surface area contributed by atoms with Gasteiger partial charge in [-0.25, -0.2) is 14.3 Å². The number of carbonyl (C=O) groups is 2. The number of aliphatic hydroxyl groups excluding tert-OH is 1. The van der Waals surface area contributed by atoms with Crippen LogP contribution >= 0.6 is 0 Å². The van der Waals surface area contributed by atoms with Crippen LogP contribution in [0.15, 0.2) is 54.7 Å². The normalized spacial score (nSPS) is 20.3. The number of ether oxygens (including phenoxy) is 2. The number of carbonyl (C=O) groups excluding carboxylic acids is 2. The van der Waals surface area contributed by atoms with Crippen LogP contribution in [0.1, 0.15) is 5.69 Å². The van der Waals surface area contributed by atoms with Gasteiger partial charge in [0.05, 0.1) is 31.9 Å². The Morgan fingerprint density at radius 3 is 1.85 bits per heavy atom. The minimum atomic E-state index is -0.498. The van der Waals surface area contributed by atoms with E-state index in [4.69, 9.17) is 9.47 Å². The van der Waals surface area contributed by atoms with E-state index in [9.17, 15) is 14.7 Å². The molecule has 2 atom stereocenters. The Kier molecular flexibility index (Phi) is 5.43. The minimum Gasteiger partial charge on any atom is -0.442 e. The van der Waals surface area contributed by atoms with E-state index in [1.165, 1.54) is 4.90 Å². The smallest absolute Gasteiger partial charge is 0.414 e. The molecule has 2 aliphatic rings. The second-order valence-electron chi connectivity index (χ2n) is 8.09. The fraction of sp³-hybridized carbons (Fsp3) is 0.304. The maximum Gasteiger partial charge on any atom is 0.414 e. The highest BCUT2D eigenvalue weighted by Crippen LogP contribution is 2.29. The molecule has 3 aromatic rings. The van der Waals surface area contributed by atoms with Gasteiger partial charge in [0.25, 0.3) is 0 Å². The van der Waals surface area contributed by atoms with Crippen molar-refractivity contribution < 1.29 is 24.2 Å². The number of aryl methyl sites for hydroxylation is 1. The van der Waals surface area contributed by atoms with Gasteiger partial charge in [0, 0.05) is 17.6 Å². The van der Waals surface area contributed by atoms with Crippen LogP contribution in [-0.4, -0.2) is 64.2 Å². The fourth-order valence-corrected chi connectivity index (χ4v) is 4.02. The summed E-state index contributed by atoms with van der Waals surface area (Å²) in [5.41, 5.74) is 4.23. The number of anilines is 2. The van der Waals surface area contributed by atoms with Crippen molar-refractivity contribution in [2.24, 2.45) is 0 Å². The van der Waals surface area contributed by atoms with E-state index in [0.717, 1.165) is 22.5 Å². The highest BCUT2D eigenvalue weighted by molar-refractivity contribution is 5.91. The zero-order valence-corrected chi connectivity index (χ0v) is 18.0. The predicted octanol–water partition coefficient (Wildman–Crippen LogP) is 2.60. The van der Waals surface area contributed by atoms with Crippen LogP contribution in [0.5, 0.6) is 0 Å². The molecule has 2 aromatic carbocycles. The Morgan fingerprint density at radius 1 is 0.879 bits per heavy atom. The van der Waals surface area contributed by atoms with Gasteiger partial charge in [-0.3, -0.25) is 9.80 Å². The number of benzene rings is 2. The second-order valence-corrected chi connectivity index (χ2v) is 8.09. The molecule has 0 spiro atoms. The summed E-state index contributed by atoms with van der Waals surface area (Å²) in [7, 11) is 0. The zero-order valence-electron chi connectivity index (χ0n) is 18.0.